The van der Waals surface area contributed by atoms with Gasteiger partial charge in [-0.15, -0.1) is 0 Å². The van der Waals surface area contributed by atoms with Crippen LogP contribution < -0.4 is 5.73 Å². The van der Waals surface area contributed by atoms with Crippen molar-refractivity contribution in [3.05, 3.63) is 63.9 Å². The Balaban J connectivity index is 2.15. The fourth-order valence-corrected chi connectivity index (χ4v) is 2.04. The summed E-state index contributed by atoms with van der Waals surface area (Å²) in [5.74, 6) is -1.17. The highest BCUT2D eigenvalue weighted by atomic mass is 35.5. The van der Waals surface area contributed by atoms with E-state index in [0.29, 0.717) is 16.8 Å². The molecule has 0 saturated heterocycles. The van der Waals surface area contributed by atoms with Crippen LogP contribution in [0.5, 0.6) is 0 Å². The molecule has 0 aromatic heterocycles. The first-order valence-electron chi connectivity index (χ1n) is 5.96. The summed E-state index contributed by atoms with van der Waals surface area (Å²) < 4.78 is 18.8. The van der Waals surface area contributed by atoms with Gasteiger partial charge in [-0.3, -0.25) is 0 Å². The Morgan fingerprint density at radius 1 is 1.30 bits per heavy atom. The van der Waals surface area contributed by atoms with Gasteiger partial charge in [-0.1, -0.05) is 35.9 Å². The minimum Gasteiger partial charge on any atom is -0.457 e. The van der Waals surface area contributed by atoms with Gasteiger partial charge >= 0.3 is 5.97 Å². The molecule has 0 saturated carbocycles. The molecular weight excluding hydrogens is 281 g/mol. The fourth-order valence-electron chi connectivity index (χ4n) is 1.84. The zero-order valence-electron chi connectivity index (χ0n) is 10.8. The van der Waals surface area contributed by atoms with Crippen LogP contribution in [0.15, 0.2) is 36.4 Å². The van der Waals surface area contributed by atoms with E-state index in [1.54, 1.807) is 31.2 Å². The number of anilines is 1. The average molecular weight is 294 g/mol. The molecule has 0 atom stereocenters. The van der Waals surface area contributed by atoms with Crippen LogP contribution >= 0.6 is 11.6 Å². The molecule has 104 valence electrons. The summed E-state index contributed by atoms with van der Waals surface area (Å²) in [6.45, 7) is 1.56. The number of aryl methyl sites for hydroxylation is 1. The quantitative estimate of drug-likeness (QED) is 0.693. The third kappa shape index (κ3) is 2.91. The predicted octanol–water partition coefficient (Wildman–Crippen LogP) is 3.73. The van der Waals surface area contributed by atoms with Crippen molar-refractivity contribution in [3.8, 4) is 0 Å². The second-order valence-corrected chi connectivity index (χ2v) is 4.74. The highest BCUT2D eigenvalue weighted by Gasteiger charge is 2.15. The Kier molecular flexibility index (Phi) is 4.25. The lowest BCUT2D eigenvalue weighted by Crippen LogP contribution is -2.10. The van der Waals surface area contributed by atoms with E-state index in [2.05, 4.69) is 0 Å². The molecule has 5 heteroatoms. The number of carbonyl (C=O) groups excluding carboxylic acids is 1. The third-order valence-corrected chi connectivity index (χ3v) is 3.19. The third-order valence-electron chi connectivity index (χ3n) is 2.90. The molecule has 3 nitrogen and oxygen atoms in total. The lowest BCUT2D eigenvalue weighted by Gasteiger charge is -2.10. The first-order valence-corrected chi connectivity index (χ1v) is 6.33. The van der Waals surface area contributed by atoms with E-state index in [0.717, 1.165) is 0 Å². The fraction of sp³-hybridized carbons (Fsp3) is 0.133. The van der Waals surface area contributed by atoms with E-state index < -0.39 is 11.8 Å². The smallest absolute Gasteiger partial charge is 0.340 e. The SMILES string of the molecule is Cc1cccc(N)c1C(=O)OCc1cccc(Cl)c1F. The van der Waals surface area contributed by atoms with Crippen molar-refractivity contribution in [2.24, 2.45) is 0 Å². The van der Waals surface area contributed by atoms with Gasteiger partial charge in [0.25, 0.3) is 0 Å². The Hall–Kier alpha value is -2.07. The standard InChI is InChI=1S/C15H13ClFNO2/c1-9-4-2-7-12(18)13(9)15(19)20-8-10-5-3-6-11(16)14(10)17/h2-7H,8,18H2,1H3. The highest BCUT2D eigenvalue weighted by Crippen LogP contribution is 2.21. The van der Waals surface area contributed by atoms with Crippen LogP contribution in [0.2, 0.25) is 5.02 Å². The van der Waals surface area contributed by atoms with E-state index in [1.165, 1.54) is 12.1 Å². The highest BCUT2D eigenvalue weighted by molar-refractivity contribution is 6.30. The maximum atomic E-state index is 13.7. The van der Waals surface area contributed by atoms with E-state index in [-0.39, 0.29) is 17.2 Å². The molecule has 0 fully saturated rings. The van der Waals surface area contributed by atoms with Crippen LogP contribution in [0.1, 0.15) is 21.5 Å². The lowest BCUT2D eigenvalue weighted by molar-refractivity contribution is 0.0469. The topological polar surface area (TPSA) is 52.3 Å². The van der Waals surface area contributed by atoms with Gasteiger partial charge in [0.15, 0.2) is 0 Å². The van der Waals surface area contributed by atoms with Crippen molar-refractivity contribution in [2.45, 2.75) is 13.5 Å². The number of esters is 1. The van der Waals surface area contributed by atoms with Crippen LogP contribution in [-0.2, 0) is 11.3 Å². The second kappa shape index (κ2) is 5.92. The molecule has 0 radical (unpaired) electrons. The van der Waals surface area contributed by atoms with E-state index in [9.17, 15) is 9.18 Å². The lowest BCUT2D eigenvalue weighted by atomic mass is 10.1. The maximum Gasteiger partial charge on any atom is 0.340 e. The van der Waals surface area contributed by atoms with Crippen LogP contribution in [0.3, 0.4) is 0 Å². The normalized spacial score (nSPS) is 10.3. The van der Waals surface area contributed by atoms with Crippen molar-refractivity contribution in [1.29, 1.82) is 0 Å². The first kappa shape index (κ1) is 14.3. The van der Waals surface area contributed by atoms with E-state index >= 15 is 0 Å². The molecule has 0 spiro atoms. The van der Waals surface area contributed by atoms with Gasteiger partial charge < -0.3 is 10.5 Å². The molecule has 2 rings (SSSR count). The second-order valence-electron chi connectivity index (χ2n) is 4.33. The van der Waals surface area contributed by atoms with Gasteiger partial charge in [0.2, 0.25) is 0 Å². The van der Waals surface area contributed by atoms with Crippen molar-refractivity contribution in [1.82, 2.24) is 0 Å². The van der Waals surface area contributed by atoms with Gasteiger partial charge in [-0.25, -0.2) is 9.18 Å². The minimum absolute atomic E-state index is 0.00560. The largest absolute Gasteiger partial charge is 0.457 e. The summed E-state index contributed by atoms with van der Waals surface area (Å²) in [6, 6.07) is 9.66. The number of hydrogen-bond acceptors (Lipinski definition) is 3. The Bertz CT molecular complexity index is 638. The van der Waals surface area contributed by atoms with E-state index in [1.807, 2.05) is 0 Å². The molecule has 0 amide bonds. The molecule has 0 aliphatic rings. The maximum absolute atomic E-state index is 13.7. The summed E-state index contributed by atoms with van der Waals surface area (Å²) in [5.41, 5.74) is 7.32. The Labute approximate surface area is 121 Å². The number of halogens is 2. The molecule has 0 unspecified atom stereocenters. The molecule has 0 aliphatic heterocycles. The van der Waals surface area contributed by atoms with Crippen molar-refractivity contribution in [3.63, 3.8) is 0 Å². The van der Waals surface area contributed by atoms with Crippen molar-refractivity contribution < 1.29 is 13.9 Å². The van der Waals surface area contributed by atoms with Crippen molar-refractivity contribution >= 4 is 23.3 Å². The van der Waals surface area contributed by atoms with Gasteiger partial charge in [-0.05, 0) is 24.6 Å². The van der Waals surface area contributed by atoms with Gasteiger partial charge in [0, 0.05) is 11.3 Å². The molecule has 0 aliphatic carbocycles. The number of hydrogen-bond donors (Lipinski definition) is 1. The number of nitrogen functional groups attached to an aromatic ring is 1. The molecule has 20 heavy (non-hydrogen) atoms. The number of nitrogens with two attached hydrogens (primary N) is 1. The molecule has 2 aromatic rings. The number of rotatable bonds is 3. The molecule has 2 aromatic carbocycles. The summed E-state index contributed by atoms with van der Waals surface area (Å²) in [6.07, 6.45) is 0. The zero-order chi connectivity index (χ0) is 14.7. The average Bonchev–Trinajstić information content (AvgIpc) is 2.40. The monoisotopic (exact) mass is 293 g/mol. The molecule has 0 bridgehead atoms. The minimum atomic E-state index is -0.584. The van der Waals surface area contributed by atoms with Crippen LogP contribution in [-0.4, -0.2) is 5.97 Å². The summed E-state index contributed by atoms with van der Waals surface area (Å²) >= 11 is 5.66. The van der Waals surface area contributed by atoms with Crippen LogP contribution in [0, 0.1) is 12.7 Å². The Morgan fingerprint density at radius 3 is 2.70 bits per heavy atom. The van der Waals surface area contributed by atoms with Gasteiger partial charge in [0.05, 0.1) is 10.6 Å². The summed E-state index contributed by atoms with van der Waals surface area (Å²) in [4.78, 5) is 12.0. The number of ether oxygens (including phenoxy) is 1. The molecule has 2 N–H and O–H groups in total. The molecule has 0 heterocycles. The van der Waals surface area contributed by atoms with E-state index in [4.69, 9.17) is 22.1 Å². The summed E-state index contributed by atoms with van der Waals surface area (Å²) in [7, 11) is 0. The van der Waals surface area contributed by atoms with Crippen LogP contribution in [0.4, 0.5) is 10.1 Å². The van der Waals surface area contributed by atoms with Gasteiger partial charge in [0.1, 0.15) is 12.4 Å². The predicted molar refractivity (Wildman–Crippen MR) is 76.1 cm³/mol. The first-order chi connectivity index (χ1) is 9.50. The Morgan fingerprint density at radius 2 is 2.00 bits per heavy atom. The van der Waals surface area contributed by atoms with Crippen molar-refractivity contribution in [2.75, 3.05) is 5.73 Å². The summed E-state index contributed by atoms with van der Waals surface area (Å²) in [5, 5.41) is -0.00560. The number of benzene rings is 2. The zero-order valence-corrected chi connectivity index (χ0v) is 11.6. The molecular formula is C15H13ClFNO2. The van der Waals surface area contributed by atoms with Gasteiger partial charge in [-0.2, -0.15) is 0 Å². The number of carbonyl (C=O) groups is 1. The van der Waals surface area contributed by atoms with Crippen LogP contribution in [0.25, 0.3) is 0 Å².